The topological polar surface area (TPSA) is 60.8 Å². The highest BCUT2D eigenvalue weighted by Gasteiger charge is 2.27. The summed E-state index contributed by atoms with van der Waals surface area (Å²) < 4.78 is 0. The van der Waals surface area contributed by atoms with E-state index < -0.39 is 5.97 Å². The minimum absolute atomic E-state index is 0.0367. The molecule has 0 aromatic heterocycles. The third-order valence-corrected chi connectivity index (χ3v) is 6.27. The van der Waals surface area contributed by atoms with Crippen molar-refractivity contribution < 1.29 is 15.0 Å². The number of carbonyl (C=O) groups is 1. The van der Waals surface area contributed by atoms with Gasteiger partial charge in [0.2, 0.25) is 0 Å². The third-order valence-electron chi connectivity index (χ3n) is 5.20. The summed E-state index contributed by atoms with van der Waals surface area (Å²) >= 11 is 1.68. The van der Waals surface area contributed by atoms with Crippen LogP contribution in [0.4, 0.5) is 5.69 Å². The van der Waals surface area contributed by atoms with Crippen molar-refractivity contribution in [2.45, 2.75) is 57.3 Å². The molecule has 0 saturated carbocycles. The van der Waals surface area contributed by atoms with Gasteiger partial charge in [0, 0.05) is 27.5 Å². The molecule has 1 aliphatic heterocycles. The molecule has 1 aliphatic rings. The van der Waals surface area contributed by atoms with Gasteiger partial charge < -0.3 is 15.1 Å². The average molecular weight is 426 g/mol. The Hall–Kier alpha value is -2.40. The maximum absolute atomic E-state index is 11.4. The molecule has 0 aliphatic carbocycles. The van der Waals surface area contributed by atoms with Gasteiger partial charge in [-0.25, -0.2) is 0 Å². The van der Waals surface area contributed by atoms with Crippen LogP contribution in [0.5, 0.6) is 5.75 Å². The molecule has 0 amide bonds. The Labute approximate surface area is 183 Å². The molecule has 3 rings (SSSR count). The van der Waals surface area contributed by atoms with E-state index in [9.17, 15) is 15.0 Å². The van der Waals surface area contributed by atoms with Crippen LogP contribution in [-0.2, 0) is 15.6 Å². The predicted octanol–water partition coefficient (Wildman–Crippen LogP) is 6.03. The molecule has 4 nitrogen and oxygen atoms in total. The first-order valence-electron chi connectivity index (χ1n) is 10.2. The van der Waals surface area contributed by atoms with Gasteiger partial charge in [-0.15, -0.1) is 0 Å². The summed E-state index contributed by atoms with van der Waals surface area (Å²) in [5.74, 6) is -0.475. The normalized spacial score (nSPS) is 15.9. The zero-order chi connectivity index (χ0) is 22.3. The van der Waals surface area contributed by atoms with E-state index in [1.54, 1.807) is 11.8 Å². The number of phenolic OH excluding ortho intramolecular Hbond substituents is 1. The molecule has 2 N–H and O–H groups in total. The fourth-order valence-electron chi connectivity index (χ4n) is 3.70. The van der Waals surface area contributed by atoms with Crippen LogP contribution in [0, 0.1) is 0 Å². The first-order valence-corrected chi connectivity index (χ1v) is 11.0. The number of rotatable bonds is 3. The molecular weight excluding hydrogens is 394 g/mol. The zero-order valence-electron chi connectivity index (χ0n) is 18.6. The Kier molecular flexibility index (Phi) is 5.96. The molecule has 5 heteroatoms. The number of hydrogen-bond acceptors (Lipinski definition) is 4. The number of aromatic hydroxyl groups is 1. The van der Waals surface area contributed by atoms with Crippen LogP contribution in [0.2, 0.25) is 0 Å². The van der Waals surface area contributed by atoms with Crippen molar-refractivity contribution in [1.29, 1.82) is 0 Å². The Morgan fingerprint density at radius 2 is 1.63 bits per heavy atom. The number of nitrogens with zero attached hydrogens (tertiary/aromatic N) is 1. The molecular formula is C25H31NO3S. The summed E-state index contributed by atoms with van der Waals surface area (Å²) in [5.41, 5.74) is 3.44. The van der Waals surface area contributed by atoms with Crippen molar-refractivity contribution in [3.05, 3.63) is 58.0 Å². The minimum Gasteiger partial charge on any atom is -0.507 e. The van der Waals surface area contributed by atoms with E-state index in [2.05, 4.69) is 59.8 Å². The summed E-state index contributed by atoms with van der Waals surface area (Å²) in [6.45, 7) is 13.1. The van der Waals surface area contributed by atoms with Crippen molar-refractivity contribution in [1.82, 2.24) is 0 Å². The number of benzene rings is 2. The van der Waals surface area contributed by atoms with Crippen LogP contribution < -0.4 is 4.90 Å². The molecule has 0 spiro atoms. The number of hydrogen-bond donors (Lipinski definition) is 2. The first kappa shape index (κ1) is 22.3. The molecule has 30 heavy (non-hydrogen) atoms. The molecule has 160 valence electrons. The van der Waals surface area contributed by atoms with E-state index in [0.717, 1.165) is 32.2 Å². The first-order chi connectivity index (χ1) is 13.9. The largest absolute Gasteiger partial charge is 0.507 e. The van der Waals surface area contributed by atoms with Crippen molar-refractivity contribution in [2.24, 2.45) is 0 Å². The van der Waals surface area contributed by atoms with E-state index >= 15 is 0 Å². The molecule has 0 bridgehead atoms. The summed E-state index contributed by atoms with van der Waals surface area (Å²) in [6.07, 6.45) is 2.12. The van der Waals surface area contributed by atoms with Crippen LogP contribution in [0.15, 0.2) is 46.2 Å². The molecule has 2 aromatic carbocycles. The van der Waals surface area contributed by atoms with E-state index in [-0.39, 0.29) is 17.4 Å². The van der Waals surface area contributed by atoms with E-state index in [1.165, 1.54) is 0 Å². The number of carboxylic acid groups (broad SMARTS) is 1. The van der Waals surface area contributed by atoms with Crippen molar-refractivity contribution in [3.63, 3.8) is 0 Å². The van der Waals surface area contributed by atoms with Gasteiger partial charge in [-0.05, 0) is 46.7 Å². The highest BCUT2D eigenvalue weighted by Crippen LogP contribution is 2.43. The van der Waals surface area contributed by atoms with E-state index in [1.807, 2.05) is 29.2 Å². The highest BCUT2D eigenvalue weighted by molar-refractivity contribution is 8.03. The van der Waals surface area contributed by atoms with Crippen LogP contribution in [0.1, 0.15) is 58.2 Å². The van der Waals surface area contributed by atoms with E-state index in [0.29, 0.717) is 12.3 Å². The second-order valence-corrected chi connectivity index (χ2v) is 11.1. The van der Waals surface area contributed by atoms with Gasteiger partial charge in [0.1, 0.15) is 12.3 Å². The fraction of sp³-hybridized carbons (Fsp3) is 0.400. The Bertz CT molecular complexity index is 961. The van der Waals surface area contributed by atoms with Crippen LogP contribution >= 0.6 is 11.8 Å². The quantitative estimate of drug-likeness (QED) is 0.629. The highest BCUT2D eigenvalue weighted by atomic mass is 32.2. The van der Waals surface area contributed by atoms with Gasteiger partial charge in [0.25, 0.3) is 0 Å². The van der Waals surface area contributed by atoms with Crippen LogP contribution in [0.3, 0.4) is 0 Å². The number of thioether (sulfide) groups is 1. The predicted molar refractivity (Wildman–Crippen MR) is 126 cm³/mol. The molecule has 0 fully saturated rings. The maximum Gasteiger partial charge on any atom is 0.323 e. The molecule has 1 heterocycles. The summed E-state index contributed by atoms with van der Waals surface area (Å²) in [7, 11) is 0. The van der Waals surface area contributed by atoms with Gasteiger partial charge in [-0.3, -0.25) is 4.79 Å². The summed E-state index contributed by atoms with van der Waals surface area (Å²) in [6, 6.07) is 12.0. The minimum atomic E-state index is -0.842. The molecule has 0 unspecified atom stereocenters. The van der Waals surface area contributed by atoms with Crippen LogP contribution in [-0.4, -0.2) is 29.3 Å². The number of anilines is 1. The number of aliphatic carboxylic acids is 1. The summed E-state index contributed by atoms with van der Waals surface area (Å²) in [5, 5.41) is 20.3. The third kappa shape index (κ3) is 4.84. The molecule has 0 saturated heterocycles. The average Bonchev–Trinajstić information content (AvgIpc) is 2.60. The zero-order valence-corrected chi connectivity index (χ0v) is 19.4. The van der Waals surface area contributed by atoms with Crippen molar-refractivity contribution >= 4 is 29.5 Å². The number of para-hydroxylation sites is 1. The second kappa shape index (κ2) is 8.03. The van der Waals surface area contributed by atoms with Crippen molar-refractivity contribution in [3.8, 4) is 5.75 Å². The van der Waals surface area contributed by atoms with Gasteiger partial charge in [-0.1, -0.05) is 65.4 Å². The molecule has 2 aromatic rings. The SMILES string of the molecule is CC(C)(C)c1cc(C=C2CN(CC(=O)O)c3ccccc3S2)cc(C(C)(C)C)c1O. The molecule has 0 atom stereocenters. The number of carboxylic acids is 1. The Morgan fingerprint density at radius 1 is 1.07 bits per heavy atom. The lowest BCUT2D eigenvalue weighted by Crippen LogP contribution is -2.33. The smallest absolute Gasteiger partial charge is 0.323 e. The van der Waals surface area contributed by atoms with Crippen LogP contribution in [0.25, 0.3) is 6.08 Å². The monoisotopic (exact) mass is 425 g/mol. The van der Waals surface area contributed by atoms with Gasteiger partial charge in [0.05, 0.1) is 5.69 Å². The standard InChI is InChI=1S/C25H31NO3S/c1-24(2,3)18-12-16(13-19(23(18)29)25(4,5)6)11-17-14-26(15-22(27)28)20-9-7-8-10-21(20)30-17/h7-13,29H,14-15H2,1-6H3,(H,27,28). The summed E-state index contributed by atoms with van der Waals surface area (Å²) in [4.78, 5) is 15.4. The lowest BCUT2D eigenvalue weighted by molar-refractivity contribution is -0.135. The van der Waals surface area contributed by atoms with Gasteiger partial charge in [-0.2, -0.15) is 0 Å². The van der Waals surface area contributed by atoms with E-state index in [4.69, 9.17) is 0 Å². The number of phenols is 1. The van der Waals surface area contributed by atoms with Crippen molar-refractivity contribution in [2.75, 3.05) is 18.0 Å². The Morgan fingerprint density at radius 3 is 2.17 bits per heavy atom. The van der Waals surface area contributed by atoms with Gasteiger partial charge >= 0.3 is 5.97 Å². The lowest BCUT2D eigenvalue weighted by Gasteiger charge is -2.31. The lowest BCUT2D eigenvalue weighted by atomic mass is 9.78. The number of fused-ring (bicyclic) bond motifs is 1. The fourth-order valence-corrected chi connectivity index (χ4v) is 4.85. The second-order valence-electron chi connectivity index (χ2n) is 9.89. The van der Waals surface area contributed by atoms with Gasteiger partial charge in [0.15, 0.2) is 0 Å². The maximum atomic E-state index is 11.4. The molecule has 0 radical (unpaired) electrons. The Balaban J connectivity index is 2.09.